The minimum Gasteiger partial charge on any atom is -0.366 e. The van der Waals surface area contributed by atoms with Crippen LogP contribution >= 0.6 is 0 Å². The Bertz CT molecular complexity index is 573. The van der Waals surface area contributed by atoms with E-state index >= 15 is 0 Å². The van der Waals surface area contributed by atoms with Gasteiger partial charge in [0.2, 0.25) is 11.8 Å². The van der Waals surface area contributed by atoms with Crippen molar-refractivity contribution in [1.29, 1.82) is 0 Å². The first kappa shape index (κ1) is 15.0. The van der Waals surface area contributed by atoms with Crippen molar-refractivity contribution in [3.05, 3.63) is 35.4 Å². The van der Waals surface area contributed by atoms with E-state index in [2.05, 4.69) is 10.6 Å². The Morgan fingerprint density at radius 2 is 2.05 bits per heavy atom. The summed E-state index contributed by atoms with van der Waals surface area (Å²) in [5.41, 5.74) is 5.84. The van der Waals surface area contributed by atoms with E-state index in [0.29, 0.717) is 25.2 Å². The first-order chi connectivity index (χ1) is 10.0. The minimum atomic E-state index is -0.590. The van der Waals surface area contributed by atoms with E-state index in [1.807, 2.05) is 0 Å². The van der Waals surface area contributed by atoms with Crippen LogP contribution in [0.15, 0.2) is 24.3 Å². The number of benzene rings is 1. The van der Waals surface area contributed by atoms with E-state index in [1.165, 1.54) is 18.0 Å². The van der Waals surface area contributed by atoms with Crippen LogP contribution in [-0.2, 0) is 4.79 Å². The number of likely N-dealkylation sites (N-methyl/N-ethyl adjacent to an activating group) is 1. The molecule has 0 radical (unpaired) electrons. The maximum absolute atomic E-state index is 12.6. The van der Waals surface area contributed by atoms with Crippen molar-refractivity contribution in [3.8, 4) is 0 Å². The summed E-state index contributed by atoms with van der Waals surface area (Å²) in [7, 11) is 1.54. The van der Waals surface area contributed by atoms with Crippen molar-refractivity contribution in [1.82, 2.24) is 15.5 Å². The lowest BCUT2D eigenvalue weighted by Gasteiger charge is -2.35. The molecule has 7 nitrogen and oxygen atoms in total. The van der Waals surface area contributed by atoms with Crippen molar-refractivity contribution >= 4 is 17.7 Å². The third kappa shape index (κ3) is 3.19. The van der Waals surface area contributed by atoms with Crippen LogP contribution in [0.25, 0.3) is 0 Å². The molecule has 1 heterocycles. The molecule has 1 atom stereocenters. The molecule has 1 aliphatic heterocycles. The Labute approximate surface area is 122 Å². The highest BCUT2D eigenvalue weighted by Crippen LogP contribution is 2.12. The molecule has 4 N–H and O–H groups in total. The van der Waals surface area contributed by atoms with Gasteiger partial charge in [0.15, 0.2) is 0 Å². The maximum Gasteiger partial charge on any atom is 0.254 e. The number of nitrogens with one attached hydrogen (secondary N) is 2. The fourth-order valence-corrected chi connectivity index (χ4v) is 2.32. The lowest BCUT2D eigenvalue weighted by molar-refractivity contribution is -0.125. The van der Waals surface area contributed by atoms with Gasteiger partial charge in [-0.05, 0) is 18.2 Å². The Hall–Kier alpha value is -2.41. The quantitative estimate of drug-likeness (QED) is 0.660. The third-order valence-corrected chi connectivity index (χ3v) is 3.45. The second-order valence-corrected chi connectivity index (χ2v) is 4.78. The van der Waals surface area contributed by atoms with Gasteiger partial charge in [-0.15, -0.1) is 0 Å². The summed E-state index contributed by atoms with van der Waals surface area (Å²) in [6.45, 7) is 1.45. The smallest absolute Gasteiger partial charge is 0.254 e. The number of nitrogens with two attached hydrogens (primary N) is 1. The number of rotatable bonds is 3. The van der Waals surface area contributed by atoms with Crippen molar-refractivity contribution in [3.63, 3.8) is 0 Å². The molecule has 0 spiro atoms. The fraction of sp³-hybridized carbons (Fsp3) is 0.357. The molecule has 1 fully saturated rings. The molecule has 112 valence electrons. The monoisotopic (exact) mass is 290 g/mol. The summed E-state index contributed by atoms with van der Waals surface area (Å²) < 4.78 is 0. The van der Waals surface area contributed by atoms with Crippen LogP contribution in [0.1, 0.15) is 20.7 Å². The van der Waals surface area contributed by atoms with Gasteiger partial charge in [-0.25, -0.2) is 0 Å². The molecule has 1 aromatic carbocycles. The van der Waals surface area contributed by atoms with Crippen molar-refractivity contribution in [2.24, 2.45) is 5.73 Å². The van der Waals surface area contributed by atoms with E-state index in [9.17, 15) is 14.4 Å². The Kier molecular flexibility index (Phi) is 4.54. The van der Waals surface area contributed by atoms with E-state index < -0.39 is 11.9 Å². The van der Waals surface area contributed by atoms with Crippen LogP contribution in [0.4, 0.5) is 0 Å². The second-order valence-electron chi connectivity index (χ2n) is 4.78. The molecule has 21 heavy (non-hydrogen) atoms. The summed E-state index contributed by atoms with van der Waals surface area (Å²) in [6.07, 6.45) is 0. The highest BCUT2D eigenvalue weighted by molar-refractivity contribution is 6.00. The van der Waals surface area contributed by atoms with Gasteiger partial charge in [-0.2, -0.15) is 0 Å². The summed E-state index contributed by atoms with van der Waals surface area (Å²) in [6, 6.07) is 5.65. The molecule has 1 saturated heterocycles. The van der Waals surface area contributed by atoms with Gasteiger partial charge in [-0.3, -0.25) is 14.4 Å². The molecule has 0 aromatic heterocycles. The lowest BCUT2D eigenvalue weighted by Crippen LogP contribution is -2.59. The van der Waals surface area contributed by atoms with E-state index in [1.54, 1.807) is 18.2 Å². The van der Waals surface area contributed by atoms with Gasteiger partial charge in [0.05, 0.1) is 0 Å². The average Bonchev–Trinajstić information content (AvgIpc) is 2.53. The number of piperazine rings is 1. The van der Waals surface area contributed by atoms with E-state index in [4.69, 9.17) is 5.73 Å². The van der Waals surface area contributed by atoms with Gasteiger partial charge in [0.1, 0.15) is 6.04 Å². The number of hydrogen-bond donors (Lipinski definition) is 3. The standard InChI is InChI=1S/C14H18N4O3/c1-16-13(20)11-8-17-5-6-18(11)14(21)10-4-2-3-9(7-10)12(15)19/h2-4,7,11,17H,5-6,8H2,1H3,(H2,15,19)(H,16,20). The third-order valence-electron chi connectivity index (χ3n) is 3.45. The van der Waals surface area contributed by atoms with E-state index in [-0.39, 0.29) is 17.4 Å². The summed E-state index contributed by atoms with van der Waals surface area (Å²) in [5.74, 6) is -1.09. The highest BCUT2D eigenvalue weighted by atomic mass is 16.2. The first-order valence-corrected chi connectivity index (χ1v) is 6.67. The zero-order valence-electron chi connectivity index (χ0n) is 11.8. The molecular formula is C14H18N4O3. The van der Waals surface area contributed by atoms with Gasteiger partial charge in [0, 0.05) is 37.8 Å². The minimum absolute atomic E-state index is 0.221. The number of nitrogens with zero attached hydrogens (tertiary/aromatic N) is 1. The zero-order valence-corrected chi connectivity index (χ0v) is 11.8. The SMILES string of the molecule is CNC(=O)C1CNCCN1C(=O)c1cccc(C(N)=O)c1. The molecule has 1 unspecified atom stereocenters. The van der Waals surface area contributed by atoms with Crippen LogP contribution in [0.2, 0.25) is 0 Å². The summed E-state index contributed by atoms with van der Waals surface area (Å²) in [4.78, 5) is 37.1. The zero-order chi connectivity index (χ0) is 15.4. The second kappa shape index (κ2) is 6.36. The van der Waals surface area contributed by atoms with Gasteiger partial charge in [0.25, 0.3) is 5.91 Å². The van der Waals surface area contributed by atoms with E-state index in [0.717, 1.165) is 0 Å². The Morgan fingerprint density at radius 3 is 2.71 bits per heavy atom. The first-order valence-electron chi connectivity index (χ1n) is 6.67. The van der Waals surface area contributed by atoms with Crippen molar-refractivity contribution < 1.29 is 14.4 Å². The Balaban J connectivity index is 2.26. The van der Waals surface area contributed by atoms with Crippen LogP contribution in [-0.4, -0.2) is 55.3 Å². The average molecular weight is 290 g/mol. The van der Waals surface area contributed by atoms with Gasteiger partial charge in [-0.1, -0.05) is 6.07 Å². The molecule has 0 aliphatic carbocycles. The normalized spacial score (nSPS) is 18.1. The summed E-state index contributed by atoms with van der Waals surface area (Å²) in [5, 5.41) is 5.64. The number of carbonyl (C=O) groups excluding carboxylic acids is 3. The van der Waals surface area contributed by atoms with Crippen LogP contribution in [0.3, 0.4) is 0 Å². The number of carbonyl (C=O) groups is 3. The number of primary amides is 1. The number of amides is 3. The molecule has 1 aromatic rings. The van der Waals surface area contributed by atoms with Gasteiger partial charge < -0.3 is 21.3 Å². The molecule has 0 saturated carbocycles. The molecule has 2 rings (SSSR count). The van der Waals surface area contributed by atoms with Gasteiger partial charge >= 0.3 is 0 Å². The topological polar surface area (TPSA) is 105 Å². The van der Waals surface area contributed by atoms with Crippen LogP contribution in [0, 0.1) is 0 Å². The highest BCUT2D eigenvalue weighted by Gasteiger charge is 2.32. The predicted octanol–water partition coefficient (Wildman–Crippen LogP) is -1.05. The van der Waals surface area contributed by atoms with Crippen molar-refractivity contribution in [2.45, 2.75) is 6.04 Å². The largest absolute Gasteiger partial charge is 0.366 e. The predicted molar refractivity (Wildman–Crippen MR) is 76.7 cm³/mol. The van der Waals surface area contributed by atoms with Crippen LogP contribution < -0.4 is 16.4 Å². The maximum atomic E-state index is 12.6. The lowest BCUT2D eigenvalue weighted by atomic mass is 10.1. The molecule has 1 aliphatic rings. The van der Waals surface area contributed by atoms with Crippen molar-refractivity contribution in [2.75, 3.05) is 26.7 Å². The molecule has 7 heteroatoms. The number of hydrogen-bond acceptors (Lipinski definition) is 4. The molecular weight excluding hydrogens is 272 g/mol. The van der Waals surface area contributed by atoms with Crippen LogP contribution in [0.5, 0.6) is 0 Å². The fourth-order valence-electron chi connectivity index (χ4n) is 2.32. The summed E-state index contributed by atoms with van der Waals surface area (Å²) >= 11 is 0. The molecule has 0 bridgehead atoms. The Morgan fingerprint density at radius 1 is 1.33 bits per heavy atom. The molecule has 3 amide bonds.